The van der Waals surface area contributed by atoms with Gasteiger partial charge in [-0.1, -0.05) is 12.1 Å². The number of carbonyl (C=O) groups excluding carboxylic acids is 1. The molecule has 0 saturated heterocycles. The number of ether oxygens (including phenoxy) is 1. The SMILES string of the molecule is CC1Oc2ccccc2N(CCO)C1=O. The van der Waals surface area contributed by atoms with Gasteiger partial charge in [0, 0.05) is 6.54 Å². The molecule has 1 heterocycles. The van der Waals surface area contributed by atoms with Crippen LogP contribution in [0.2, 0.25) is 0 Å². The highest BCUT2D eigenvalue weighted by atomic mass is 16.5. The zero-order valence-electron chi connectivity index (χ0n) is 8.51. The predicted molar refractivity (Wildman–Crippen MR) is 56.0 cm³/mol. The first-order valence-electron chi connectivity index (χ1n) is 4.92. The highest BCUT2D eigenvalue weighted by molar-refractivity contribution is 5.99. The number of benzene rings is 1. The molecule has 80 valence electrons. The third kappa shape index (κ3) is 1.68. The second-order valence-electron chi connectivity index (χ2n) is 3.44. The second kappa shape index (κ2) is 3.90. The van der Waals surface area contributed by atoms with Crippen molar-refractivity contribution in [1.82, 2.24) is 0 Å². The van der Waals surface area contributed by atoms with Crippen LogP contribution in [0.3, 0.4) is 0 Å². The number of hydrogen-bond donors (Lipinski definition) is 1. The van der Waals surface area contributed by atoms with E-state index in [9.17, 15) is 4.79 Å². The fourth-order valence-corrected chi connectivity index (χ4v) is 1.69. The Labute approximate surface area is 88.1 Å². The number of fused-ring (bicyclic) bond motifs is 1. The molecule has 4 nitrogen and oxygen atoms in total. The van der Waals surface area contributed by atoms with Crippen molar-refractivity contribution in [3.8, 4) is 5.75 Å². The zero-order valence-corrected chi connectivity index (χ0v) is 8.51. The minimum atomic E-state index is -0.480. The summed E-state index contributed by atoms with van der Waals surface area (Å²) in [6.07, 6.45) is -0.480. The molecule has 0 fully saturated rings. The van der Waals surface area contributed by atoms with Crippen LogP contribution in [0.15, 0.2) is 24.3 Å². The lowest BCUT2D eigenvalue weighted by molar-refractivity contribution is -0.125. The fraction of sp³-hybridized carbons (Fsp3) is 0.364. The molecule has 1 aliphatic rings. The topological polar surface area (TPSA) is 49.8 Å². The van der Waals surface area contributed by atoms with Crippen molar-refractivity contribution in [2.24, 2.45) is 0 Å². The number of carbonyl (C=O) groups is 1. The molecule has 0 bridgehead atoms. The standard InChI is InChI=1S/C11H13NO3/c1-8-11(14)12(6-7-13)9-4-2-3-5-10(9)15-8/h2-5,8,13H,6-7H2,1H3. The smallest absolute Gasteiger partial charge is 0.267 e. The number of anilines is 1. The second-order valence-corrected chi connectivity index (χ2v) is 3.44. The van der Waals surface area contributed by atoms with Crippen LogP contribution >= 0.6 is 0 Å². The minimum Gasteiger partial charge on any atom is -0.479 e. The number of nitrogens with zero attached hydrogens (tertiary/aromatic N) is 1. The van der Waals surface area contributed by atoms with E-state index in [0.717, 1.165) is 5.69 Å². The van der Waals surface area contributed by atoms with E-state index in [4.69, 9.17) is 9.84 Å². The molecule has 0 aromatic heterocycles. The van der Waals surface area contributed by atoms with E-state index < -0.39 is 6.10 Å². The highest BCUT2D eigenvalue weighted by Gasteiger charge is 2.30. The Balaban J connectivity index is 2.40. The van der Waals surface area contributed by atoms with Gasteiger partial charge in [-0.05, 0) is 19.1 Å². The highest BCUT2D eigenvalue weighted by Crippen LogP contribution is 2.33. The molecule has 4 heteroatoms. The quantitative estimate of drug-likeness (QED) is 0.780. The number of rotatable bonds is 2. The average molecular weight is 207 g/mol. The summed E-state index contributed by atoms with van der Waals surface area (Å²) in [7, 11) is 0. The van der Waals surface area contributed by atoms with Crippen LogP contribution in [0, 0.1) is 0 Å². The van der Waals surface area contributed by atoms with Gasteiger partial charge in [-0.3, -0.25) is 4.79 Å². The van der Waals surface area contributed by atoms with E-state index in [-0.39, 0.29) is 12.5 Å². The molecule has 1 aliphatic heterocycles. The predicted octanol–water partition coefficient (Wildman–Crippen LogP) is 0.793. The summed E-state index contributed by atoms with van der Waals surface area (Å²) in [6.45, 7) is 1.97. The van der Waals surface area contributed by atoms with Crippen LogP contribution < -0.4 is 9.64 Å². The number of β-amino-alcohol motifs (C(OH)–C–C–N with tert-alkyl or cyclic N) is 1. The van der Waals surface area contributed by atoms with Gasteiger partial charge in [-0.15, -0.1) is 0 Å². The number of hydrogen-bond acceptors (Lipinski definition) is 3. The normalized spacial score (nSPS) is 19.7. The Morgan fingerprint density at radius 1 is 1.47 bits per heavy atom. The van der Waals surface area contributed by atoms with Crippen LogP contribution in [0.4, 0.5) is 5.69 Å². The molecule has 1 aromatic carbocycles. The van der Waals surface area contributed by atoms with E-state index in [0.29, 0.717) is 12.3 Å². The Morgan fingerprint density at radius 3 is 2.93 bits per heavy atom. The van der Waals surface area contributed by atoms with E-state index in [1.807, 2.05) is 24.3 Å². The first-order chi connectivity index (χ1) is 7.24. The van der Waals surface area contributed by atoms with Crippen molar-refractivity contribution in [1.29, 1.82) is 0 Å². The van der Waals surface area contributed by atoms with Gasteiger partial charge >= 0.3 is 0 Å². The Bertz CT molecular complexity index is 378. The Morgan fingerprint density at radius 2 is 2.20 bits per heavy atom. The fourth-order valence-electron chi connectivity index (χ4n) is 1.69. The van der Waals surface area contributed by atoms with Crippen LogP contribution in [0.25, 0.3) is 0 Å². The van der Waals surface area contributed by atoms with Crippen LogP contribution in [0.1, 0.15) is 6.92 Å². The molecule has 0 saturated carbocycles. The van der Waals surface area contributed by atoms with Crippen molar-refractivity contribution in [2.75, 3.05) is 18.1 Å². The summed E-state index contributed by atoms with van der Waals surface area (Å²) in [5, 5.41) is 8.91. The third-order valence-corrected chi connectivity index (χ3v) is 2.40. The molecule has 1 aromatic rings. The average Bonchev–Trinajstić information content (AvgIpc) is 2.25. The monoisotopic (exact) mass is 207 g/mol. The number of amides is 1. The summed E-state index contributed by atoms with van der Waals surface area (Å²) in [5.41, 5.74) is 0.731. The van der Waals surface area contributed by atoms with Crippen molar-refractivity contribution in [3.05, 3.63) is 24.3 Å². The summed E-state index contributed by atoms with van der Waals surface area (Å²) < 4.78 is 5.45. The molecule has 1 N–H and O–H groups in total. The van der Waals surface area contributed by atoms with Gasteiger partial charge < -0.3 is 14.7 Å². The lowest BCUT2D eigenvalue weighted by Crippen LogP contribution is -2.45. The van der Waals surface area contributed by atoms with Crippen molar-refractivity contribution < 1.29 is 14.6 Å². The molecule has 1 unspecified atom stereocenters. The molecular formula is C11H13NO3. The Kier molecular flexibility index (Phi) is 2.60. The number of aliphatic hydroxyl groups is 1. The third-order valence-electron chi connectivity index (χ3n) is 2.40. The lowest BCUT2D eigenvalue weighted by Gasteiger charge is -2.32. The maximum absolute atomic E-state index is 11.8. The minimum absolute atomic E-state index is 0.0488. The van der Waals surface area contributed by atoms with Gasteiger partial charge in [0.2, 0.25) is 0 Å². The van der Waals surface area contributed by atoms with Gasteiger partial charge in [0.05, 0.1) is 12.3 Å². The van der Waals surface area contributed by atoms with E-state index in [1.54, 1.807) is 11.8 Å². The van der Waals surface area contributed by atoms with Crippen LogP contribution in [-0.4, -0.2) is 30.3 Å². The van der Waals surface area contributed by atoms with Crippen LogP contribution in [0.5, 0.6) is 5.75 Å². The largest absolute Gasteiger partial charge is 0.479 e. The Hall–Kier alpha value is -1.55. The summed E-state index contributed by atoms with van der Waals surface area (Å²) in [5.74, 6) is 0.584. The molecule has 1 amide bonds. The summed E-state index contributed by atoms with van der Waals surface area (Å²) in [6, 6.07) is 7.34. The van der Waals surface area contributed by atoms with Gasteiger partial charge in [-0.25, -0.2) is 0 Å². The lowest BCUT2D eigenvalue weighted by atomic mass is 10.2. The maximum Gasteiger partial charge on any atom is 0.267 e. The first-order valence-corrected chi connectivity index (χ1v) is 4.92. The van der Waals surface area contributed by atoms with Crippen molar-refractivity contribution in [2.45, 2.75) is 13.0 Å². The van der Waals surface area contributed by atoms with E-state index in [2.05, 4.69) is 0 Å². The summed E-state index contributed by atoms with van der Waals surface area (Å²) in [4.78, 5) is 13.3. The zero-order chi connectivity index (χ0) is 10.8. The van der Waals surface area contributed by atoms with E-state index >= 15 is 0 Å². The van der Waals surface area contributed by atoms with Gasteiger partial charge in [0.25, 0.3) is 5.91 Å². The molecular weight excluding hydrogens is 194 g/mol. The van der Waals surface area contributed by atoms with Gasteiger partial charge in [-0.2, -0.15) is 0 Å². The first kappa shape index (κ1) is 9.98. The van der Waals surface area contributed by atoms with Crippen LogP contribution in [-0.2, 0) is 4.79 Å². The van der Waals surface area contributed by atoms with Crippen molar-refractivity contribution >= 4 is 11.6 Å². The maximum atomic E-state index is 11.8. The summed E-state index contributed by atoms with van der Waals surface area (Å²) >= 11 is 0. The number of para-hydroxylation sites is 2. The molecule has 2 rings (SSSR count). The molecule has 1 atom stereocenters. The molecule has 15 heavy (non-hydrogen) atoms. The molecule has 0 spiro atoms. The number of aliphatic hydroxyl groups excluding tert-OH is 1. The van der Waals surface area contributed by atoms with E-state index in [1.165, 1.54) is 0 Å². The molecule has 0 aliphatic carbocycles. The van der Waals surface area contributed by atoms with Crippen molar-refractivity contribution in [3.63, 3.8) is 0 Å². The van der Waals surface area contributed by atoms with Gasteiger partial charge in [0.15, 0.2) is 6.10 Å². The molecule has 0 radical (unpaired) electrons. The van der Waals surface area contributed by atoms with Gasteiger partial charge in [0.1, 0.15) is 5.75 Å².